The van der Waals surface area contributed by atoms with Gasteiger partial charge in [-0.1, -0.05) is 30.7 Å². The third kappa shape index (κ3) is 2.19. The summed E-state index contributed by atoms with van der Waals surface area (Å²) < 4.78 is 0. The normalized spacial score (nSPS) is 33.7. The van der Waals surface area contributed by atoms with Crippen molar-refractivity contribution in [2.24, 2.45) is 5.92 Å². The average molecular weight is 247 g/mol. The molecule has 1 aromatic carbocycles. The molecule has 0 aromatic heterocycles. The highest BCUT2D eigenvalue weighted by Gasteiger charge is 2.42. The molecule has 1 aliphatic rings. The second kappa shape index (κ2) is 4.67. The molecule has 0 amide bonds. The second-order valence-corrected chi connectivity index (χ2v) is 6.14. The monoisotopic (exact) mass is 247 g/mol. The standard InChI is InChI=1S/C16H25NO/c1-11-6-7-15(12(2)8-11)16(18)9-14(4)17(5)10-13(16)3/h6-8,13-14,18H,9-10H2,1-5H3/t13-,14-,16+/m0/s1. The highest BCUT2D eigenvalue weighted by Crippen LogP contribution is 2.40. The molecule has 0 spiro atoms. The van der Waals surface area contributed by atoms with Gasteiger partial charge in [0.25, 0.3) is 0 Å². The zero-order valence-corrected chi connectivity index (χ0v) is 12.2. The molecule has 2 nitrogen and oxygen atoms in total. The van der Waals surface area contributed by atoms with Crippen molar-refractivity contribution in [1.82, 2.24) is 4.90 Å². The van der Waals surface area contributed by atoms with Crippen LogP contribution in [-0.2, 0) is 5.60 Å². The number of likely N-dealkylation sites (tertiary alicyclic amines) is 1. The third-order valence-corrected chi connectivity index (χ3v) is 4.58. The maximum atomic E-state index is 11.1. The number of hydrogen-bond acceptors (Lipinski definition) is 2. The highest BCUT2D eigenvalue weighted by atomic mass is 16.3. The van der Waals surface area contributed by atoms with Gasteiger partial charge in [0.15, 0.2) is 0 Å². The Hall–Kier alpha value is -0.860. The summed E-state index contributed by atoms with van der Waals surface area (Å²) in [7, 11) is 2.14. The van der Waals surface area contributed by atoms with Crippen molar-refractivity contribution in [2.75, 3.05) is 13.6 Å². The molecule has 1 fully saturated rings. The van der Waals surface area contributed by atoms with Crippen molar-refractivity contribution in [1.29, 1.82) is 0 Å². The summed E-state index contributed by atoms with van der Waals surface area (Å²) >= 11 is 0. The second-order valence-electron chi connectivity index (χ2n) is 6.14. The van der Waals surface area contributed by atoms with Crippen LogP contribution < -0.4 is 0 Å². The zero-order chi connectivity index (χ0) is 13.5. The van der Waals surface area contributed by atoms with Crippen LogP contribution in [0.25, 0.3) is 0 Å². The minimum Gasteiger partial charge on any atom is -0.385 e. The lowest BCUT2D eigenvalue weighted by atomic mass is 9.73. The lowest BCUT2D eigenvalue weighted by Crippen LogP contribution is -2.51. The Morgan fingerprint density at radius 2 is 1.94 bits per heavy atom. The van der Waals surface area contributed by atoms with Crippen molar-refractivity contribution >= 4 is 0 Å². The van der Waals surface area contributed by atoms with Crippen LogP contribution in [-0.4, -0.2) is 29.6 Å². The summed E-state index contributed by atoms with van der Waals surface area (Å²) in [6, 6.07) is 6.81. The van der Waals surface area contributed by atoms with E-state index in [2.05, 4.69) is 57.8 Å². The van der Waals surface area contributed by atoms with Gasteiger partial charge in [-0.15, -0.1) is 0 Å². The van der Waals surface area contributed by atoms with Gasteiger partial charge in [-0.3, -0.25) is 0 Å². The number of nitrogens with zero attached hydrogens (tertiary/aromatic N) is 1. The minimum absolute atomic E-state index is 0.264. The van der Waals surface area contributed by atoms with Gasteiger partial charge in [0.2, 0.25) is 0 Å². The fourth-order valence-electron chi connectivity index (χ4n) is 3.25. The number of rotatable bonds is 1. The zero-order valence-electron chi connectivity index (χ0n) is 12.2. The van der Waals surface area contributed by atoms with E-state index in [1.54, 1.807) is 0 Å². The van der Waals surface area contributed by atoms with Gasteiger partial charge < -0.3 is 10.0 Å². The predicted molar refractivity (Wildman–Crippen MR) is 75.7 cm³/mol. The van der Waals surface area contributed by atoms with E-state index in [0.29, 0.717) is 6.04 Å². The predicted octanol–water partition coefficient (Wildman–Crippen LogP) is 2.85. The summed E-state index contributed by atoms with van der Waals surface area (Å²) in [5, 5.41) is 11.1. The van der Waals surface area contributed by atoms with E-state index in [1.165, 1.54) is 11.1 Å². The Kier molecular flexibility index (Phi) is 3.52. The first-order valence-corrected chi connectivity index (χ1v) is 6.85. The maximum Gasteiger partial charge on any atom is 0.0951 e. The van der Waals surface area contributed by atoms with Crippen LogP contribution in [0.15, 0.2) is 18.2 Å². The third-order valence-electron chi connectivity index (χ3n) is 4.58. The van der Waals surface area contributed by atoms with Crippen molar-refractivity contribution in [3.8, 4) is 0 Å². The van der Waals surface area contributed by atoms with Crippen LogP contribution in [0, 0.1) is 19.8 Å². The topological polar surface area (TPSA) is 23.5 Å². The SMILES string of the molecule is Cc1ccc([C@@]2(O)C[C@H](C)N(C)C[C@@H]2C)c(C)c1. The molecule has 1 heterocycles. The van der Waals surface area contributed by atoms with Crippen LogP contribution in [0.2, 0.25) is 0 Å². The van der Waals surface area contributed by atoms with Crippen LogP contribution in [0.5, 0.6) is 0 Å². The van der Waals surface area contributed by atoms with E-state index in [9.17, 15) is 5.11 Å². The quantitative estimate of drug-likeness (QED) is 0.825. The fourth-order valence-corrected chi connectivity index (χ4v) is 3.25. The van der Waals surface area contributed by atoms with E-state index < -0.39 is 5.60 Å². The van der Waals surface area contributed by atoms with Gasteiger partial charge in [-0.2, -0.15) is 0 Å². The van der Waals surface area contributed by atoms with E-state index in [-0.39, 0.29) is 5.92 Å². The molecule has 3 atom stereocenters. The Morgan fingerprint density at radius 3 is 2.56 bits per heavy atom. The molecule has 0 bridgehead atoms. The van der Waals surface area contributed by atoms with Crippen LogP contribution in [0.1, 0.15) is 37.0 Å². The summed E-state index contributed by atoms with van der Waals surface area (Å²) in [5.74, 6) is 0.264. The molecule has 1 N–H and O–H groups in total. The van der Waals surface area contributed by atoms with E-state index >= 15 is 0 Å². The van der Waals surface area contributed by atoms with Gasteiger partial charge in [-0.05, 0) is 45.4 Å². The largest absolute Gasteiger partial charge is 0.385 e. The molecule has 100 valence electrons. The number of benzene rings is 1. The highest BCUT2D eigenvalue weighted by molar-refractivity contribution is 5.36. The van der Waals surface area contributed by atoms with Crippen LogP contribution in [0.3, 0.4) is 0 Å². The first-order chi connectivity index (χ1) is 8.34. The van der Waals surface area contributed by atoms with E-state index in [4.69, 9.17) is 0 Å². The number of piperidine rings is 1. The van der Waals surface area contributed by atoms with Crippen molar-refractivity contribution < 1.29 is 5.11 Å². The molecular formula is C16H25NO. The van der Waals surface area contributed by atoms with Gasteiger partial charge in [-0.25, -0.2) is 0 Å². The molecule has 0 aliphatic carbocycles. The van der Waals surface area contributed by atoms with Crippen molar-refractivity contribution in [3.63, 3.8) is 0 Å². The van der Waals surface area contributed by atoms with Crippen LogP contribution in [0.4, 0.5) is 0 Å². The Bertz CT molecular complexity index is 443. The molecule has 1 saturated heterocycles. The number of aryl methyl sites for hydroxylation is 2. The minimum atomic E-state index is -0.677. The lowest BCUT2D eigenvalue weighted by molar-refractivity contribution is -0.0847. The van der Waals surface area contributed by atoms with Gasteiger partial charge in [0.05, 0.1) is 5.60 Å². The maximum absolute atomic E-state index is 11.1. The van der Waals surface area contributed by atoms with Crippen molar-refractivity contribution in [3.05, 3.63) is 34.9 Å². The van der Waals surface area contributed by atoms with Crippen molar-refractivity contribution in [2.45, 2.75) is 45.8 Å². The molecule has 1 aromatic rings. The summed E-state index contributed by atoms with van der Waals surface area (Å²) in [6.45, 7) is 9.50. The average Bonchev–Trinajstić information content (AvgIpc) is 2.26. The van der Waals surface area contributed by atoms with Gasteiger partial charge in [0, 0.05) is 18.5 Å². The molecule has 0 radical (unpaired) electrons. The van der Waals surface area contributed by atoms with E-state index in [1.807, 2.05) is 0 Å². The Morgan fingerprint density at radius 1 is 1.28 bits per heavy atom. The molecule has 0 saturated carbocycles. The first kappa shape index (κ1) is 13.6. The molecule has 2 rings (SSSR count). The fraction of sp³-hybridized carbons (Fsp3) is 0.625. The summed E-state index contributed by atoms with van der Waals surface area (Å²) in [5.41, 5.74) is 2.90. The van der Waals surface area contributed by atoms with Gasteiger partial charge >= 0.3 is 0 Å². The smallest absolute Gasteiger partial charge is 0.0951 e. The molecule has 1 aliphatic heterocycles. The number of hydrogen-bond donors (Lipinski definition) is 1. The lowest BCUT2D eigenvalue weighted by Gasteiger charge is -2.46. The molecule has 2 heteroatoms. The first-order valence-electron chi connectivity index (χ1n) is 6.85. The van der Waals surface area contributed by atoms with Crippen LogP contribution >= 0.6 is 0 Å². The summed E-state index contributed by atoms with van der Waals surface area (Å²) in [4.78, 5) is 2.34. The Balaban J connectivity index is 2.40. The molecular weight excluding hydrogens is 222 g/mol. The Labute approximate surface area is 111 Å². The molecule has 18 heavy (non-hydrogen) atoms. The molecule has 0 unspecified atom stereocenters. The number of aliphatic hydroxyl groups is 1. The van der Waals surface area contributed by atoms with E-state index in [0.717, 1.165) is 18.5 Å². The summed E-state index contributed by atoms with van der Waals surface area (Å²) in [6.07, 6.45) is 0.814. The van der Waals surface area contributed by atoms with Gasteiger partial charge in [0.1, 0.15) is 0 Å².